The largest absolute Gasteiger partial charge is 0.366 e. The van der Waals surface area contributed by atoms with Crippen LogP contribution >= 0.6 is 23.2 Å². The fourth-order valence-electron chi connectivity index (χ4n) is 2.28. The van der Waals surface area contributed by atoms with E-state index >= 15 is 0 Å². The topological polar surface area (TPSA) is 29.3 Å². The highest BCUT2D eigenvalue weighted by molar-refractivity contribution is 6.33. The maximum atomic E-state index is 6.34. The van der Waals surface area contributed by atoms with Gasteiger partial charge < -0.3 is 10.6 Å². The van der Waals surface area contributed by atoms with Crippen molar-refractivity contribution in [1.82, 2.24) is 0 Å². The number of benzene rings is 2. The predicted octanol–water partition coefficient (Wildman–Crippen LogP) is 4.65. The van der Waals surface area contributed by atoms with Gasteiger partial charge in [-0.2, -0.15) is 0 Å². The van der Waals surface area contributed by atoms with Crippen LogP contribution in [0.1, 0.15) is 24.1 Å². The number of hydrogen-bond donors (Lipinski definition) is 1. The van der Waals surface area contributed by atoms with Crippen molar-refractivity contribution in [2.75, 3.05) is 11.9 Å². The van der Waals surface area contributed by atoms with Gasteiger partial charge in [0.15, 0.2) is 0 Å². The summed E-state index contributed by atoms with van der Waals surface area (Å²) >= 11 is 12.3. The Morgan fingerprint density at radius 3 is 2.35 bits per heavy atom. The molecule has 0 heterocycles. The number of nitrogens with two attached hydrogens (primary N) is 1. The smallest absolute Gasteiger partial charge is 0.0643 e. The monoisotopic (exact) mass is 308 g/mol. The third kappa shape index (κ3) is 3.09. The number of rotatable bonds is 4. The molecule has 4 heteroatoms. The fourth-order valence-corrected chi connectivity index (χ4v) is 2.73. The zero-order valence-electron chi connectivity index (χ0n) is 11.6. The first-order valence-corrected chi connectivity index (χ1v) is 7.26. The maximum Gasteiger partial charge on any atom is 0.0643 e. The molecule has 0 saturated heterocycles. The molecular weight excluding hydrogens is 291 g/mol. The molecule has 0 aromatic heterocycles. The highest BCUT2D eigenvalue weighted by Gasteiger charge is 2.17. The molecule has 0 aliphatic heterocycles. The van der Waals surface area contributed by atoms with Crippen LogP contribution in [-0.4, -0.2) is 7.05 Å². The van der Waals surface area contributed by atoms with E-state index in [1.54, 1.807) is 0 Å². The van der Waals surface area contributed by atoms with Crippen LogP contribution in [0.2, 0.25) is 10.0 Å². The second-order valence-corrected chi connectivity index (χ2v) is 5.63. The Kier molecular flexibility index (Phi) is 4.92. The van der Waals surface area contributed by atoms with Gasteiger partial charge >= 0.3 is 0 Å². The van der Waals surface area contributed by atoms with Gasteiger partial charge in [-0.25, -0.2) is 0 Å². The van der Waals surface area contributed by atoms with Crippen LogP contribution in [0.15, 0.2) is 42.5 Å². The van der Waals surface area contributed by atoms with Crippen molar-refractivity contribution in [1.29, 1.82) is 0 Å². The van der Waals surface area contributed by atoms with Crippen LogP contribution in [0, 0.1) is 0 Å². The fraction of sp³-hybridized carbons (Fsp3) is 0.250. The van der Waals surface area contributed by atoms with Crippen LogP contribution in [0.25, 0.3) is 0 Å². The molecule has 0 spiro atoms. The zero-order chi connectivity index (χ0) is 14.7. The molecule has 2 aromatic rings. The first-order chi connectivity index (χ1) is 9.54. The van der Waals surface area contributed by atoms with Gasteiger partial charge in [0, 0.05) is 18.6 Å². The Labute approximate surface area is 130 Å². The summed E-state index contributed by atoms with van der Waals surface area (Å²) in [5.74, 6) is 0. The number of para-hydroxylation sites is 1. The van der Waals surface area contributed by atoms with Crippen molar-refractivity contribution < 1.29 is 0 Å². The summed E-state index contributed by atoms with van der Waals surface area (Å²) in [6.07, 6.45) is 0. The van der Waals surface area contributed by atoms with Crippen molar-refractivity contribution in [3.8, 4) is 0 Å². The number of nitrogens with zero attached hydrogens (tertiary/aromatic N) is 1. The Morgan fingerprint density at radius 1 is 1.10 bits per heavy atom. The van der Waals surface area contributed by atoms with Crippen molar-refractivity contribution >= 4 is 28.9 Å². The number of halogens is 2. The van der Waals surface area contributed by atoms with Crippen LogP contribution in [-0.2, 0) is 6.54 Å². The normalized spacial score (nSPS) is 12.2. The summed E-state index contributed by atoms with van der Waals surface area (Å²) in [4.78, 5) is 2.15. The van der Waals surface area contributed by atoms with Gasteiger partial charge in [0.2, 0.25) is 0 Å². The standard InChI is InChI=1S/C16H18Cl2N2/c1-11(12-6-8-14(17)9-7-12)20(2)16-13(10-19)4-3-5-15(16)18/h3-9,11H,10,19H2,1-2H3. The van der Waals surface area contributed by atoms with Crippen molar-refractivity contribution in [3.05, 3.63) is 63.6 Å². The minimum Gasteiger partial charge on any atom is -0.366 e. The first-order valence-electron chi connectivity index (χ1n) is 6.50. The molecule has 20 heavy (non-hydrogen) atoms. The minimum atomic E-state index is 0.178. The zero-order valence-corrected chi connectivity index (χ0v) is 13.1. The van der Waals surface area contributed by atoms with E-state index < -0.39 is 0 Å². The van der Waals surface area contributed by atoms with E-state index in [9.17, 15) is 0 Å². The molecule has 0 saturated carbocycles. The molecule has 0 fully saturated rings. The predicted molar refractivity (Wildman–Crippen MR) is 87.6 cm³/mol. The number of anilines is 1. The number of hydrogen-bond acceptors (Lipinski definition) is 2. The molecule has 0 radical (unpaired) electrons. The van der Waals surface area contributed by atoms with E-state index in [-0.39, 0.29) is 6.04 Å². The van der Waals surface area contributed by atoms with Gasteiger partial charge in [-0.1, -0.05) is 47.5 Å². The van der Waals surface area contributed by atoms with Gasteiger partial charge in [0.25, 0.3) is 0 Å². The summed E-state index contributed by atoms with van der Waals surface area (Å²) in [5.41, 5.74) is 9.02. The van der Waals surface area contributed by atoms with Gasteiger partial charge in [-0.15, -0.1) is 0 Å². The third-order valence-corrected chi connectivity index (χ3v) is 4.13. The lowest BCUT2D eigenvalue weighted by Gasteiger charge is -2.30. The summed E-state index contributed by atoms with van der Waals surface area (Å²) in [7, 11) is 2.03. The third-order valence-electron chi connectivity index (χ3n) is 3.58. The van der Waals surface area contributed by atoms with Crippen molar-refractivity contribution in [2.45, 2.75) is 19.5 Å². The molecule has 2 rings (SSSR count). The average molecular weight is 309 g/mol. The molecule has 106 valence electrons. The van der Waals surface area contributed by atoms with E-state index in [1.807, 2.05) is 49.5 Å². The molecule has 2 nitrogen and oxygen atoms in total. The van der Waals surface area contributed by atoms with Crippen LogP contribution in [0.5, 0.6) is 0 Å². The molecule has 1 atom stereocenters. The Balaban J connectivity index is 2.35. The van der Waals surface area contributed by atoms with Gasteiger partial charge in [0.1, 0.15) is 0 Å². The summed E-state index contributed by atoms with van der Waals surface area (Å²) in [6, 6.07) is 13.9. The van der Waals surface area contributed by atoms with Crippen molar-refractivity contribution in [2.24, 2.45) is 5.73 Å². The summed E-state index contributed by atoms with van der Waals surface area (Å²) in [5, 5.41) is 1.46. The van der Waals surface area contributed by atoms with Crippen LogP contribution in [0.3, 0.4) is 0 Å². The molecule has 2 aromatic carbocycles. The summed E-state index contributed by atoms with van der Waals surface area (Å²) in [6.45, 7) is 2.60. The molecule has 0 aliphatic rings. The maximum absolute atomic E-state index is 6.34. The van der Waals surface area contributed by atoms with E-state index in [4.69, 9.17) is 28.9 Å². The van der Waals surface area contributed by atoms with E-state index in [0.717, 1.165) is 21.3 Å². The second kappa shape index (κ2) is 6.49. The lowest BCUT2D eigenvalue weighted by molar-refractivity contribution is 0.735. The van der Waals surface area contributed by atoms with Gasteiger partial charge in [0.05, 0.1) is 16.8 Å². The second-order valence-electron chi connectivity index (χ2n) is 4.79. The Hall–Kier alpha value is -1.22. The molecule has 0 aliphatic carbocycles. The molecule has 1 unspecified atom stereocenters. The van der Waals surface area contributed by atoms with Crippen LogP contribution < -0.4 is 10.6 Å². The average Bonchev–Trinajstić information content (AvgIpc) is 2.46. The Bertz CT molecular complexity index is 582. The first kappa shape index (κ1) is 15.2. The molecule has 0 amide bonds. The van der Waals surface area contributed by atoms with E-state index in [1.165, 1.54) is 5.56 Å². The molecule has 2 N–H and O–H groups in total. The lowest BCUT2D eigenvalue weighted by atomic mass is 10.1. The summed E-state index contributed by atoms with van der Waals surface area (Å²) < 4.78 is 0. The van der Waals surface area contributed by atoms with E-state index in [0.29, 0.717) is 6.54 Å². The Morgan fingerprint density at radius 2 is 1.75 bits per heavy atom. The van der Waals surface area contributed by atoms with Gasteiger partial charge in [-0.05, 0) is 36.2 Å². The quantitative estimate of drug-likeness (QED) is 0.891. The van der Waals surface area contributed by atoms with Crippen molar-refractivity contribution in [3.63, 3.8) is 0 Å². The van der Waals surface area contributed by atoms with Crippen LogP contribution in [0.4, 0.5) is 5.69 Å². The van der Waals surface area contributed by atoms with E-state index in [2.05, 4.69) is 11.8 Å². The highest BCUT2D eigenvalue weighted by atomic mass is 35.5. The molecular formula is C16H18Cl2N2. The minimum absolute atomic E-state index is 0.178. The van der Waals surface area contributed by atoms with Gasteiger partial charge in [-0.3, -0.25) is 0 Å². The highest BCUT2D eigenvalue weighted by Crippen LogP contribution is 2.34. The SMILES string of the molecule is CC(c1ccc(Cl)cc1)N(C)c1c(Cl)cccc1CN. The lowest BCUT2D eigenvalue weighted by Crippen LogP contribution is -2.23. The molecule has 0 bridgehead atoms.